The van der Waals surface area contributed by atoms with Crippen molar-refractivity contribution < 1.29 is 8.42 Å². The van der Waals surface area contributed by atoms with Crippen LogP contribution in [0.3, 0.4) is 0 Å². The van der Waals surface area contributed by atoms with Crippen LogP contribution in [0.2, 0.25) is 0 Å². The van der Waals surface area contributed by atoms with Crippen molar-refractivity contribution in [3.63, 3.8) is 0 Å². The van der Waals surface area contributed by atoms with E-state index >= 15 is 0 Å². The molecule has 1 aliphatic rings. The first-order valence-electron chi connectivity index (χ1n) is 11.6. The van der Waals surface area contributed by atoms with Gasteiger partial charge in [-0.05, 0) is 43.0 Å². The summed E-state index contributed by atoms with van der Waals surface area (Å²) in [6.45, 7) is 6.22. The maximum atomic E-state index is 13.1. The number of rotatable bonds is 8. The van der Waals surface area contributed by atoms with Gasteiger partial charge in [0.15, 0.2) is 5.82 Å². The smallest absolute Gasteiger partial charge is 0.241 e. The third kappa shape index (κ3) is 5.59. The van der Waals surface area contributed by atoms with E-state index in [-0.39, 0.29) is 4.90 Å². The van der Waals surface area contributed by atoms with Crippen LogP contribution in [0.5, 0.6) is 0 Å². The summed E-state index contributed by atoms with van der Waals surface area (Å²) in [7, 11) is -3.68. The standard InChI is InChI=1S/C24H31N5O2S2/c1-4-26-33(30,31)22-14-18(27-23-13-12-20(16(2)3)28-29-23)10-11-19(22)21-15-25-24(32-21)17-8-6-5-7-9-17/h10-17,26H,4-9H2,1-3H3,(H,27,29). The molecule has 0 amide bonds. The molecular weight excluding hydrogens is 454 g/mol. The monoisotopic (exact) mass is 485 g/mol. The van der Waals surface area contributed by atoms with Gasteiger partial charge in [-0.2, -0.15) is 5.10 Å². The molecule has 0 unspecified atom stereocenters. The van der Waals surface area contributed by atoms with Gasteiger partial charge in [0, 0.05) is 29.9 Å². The van der Waals surface area contributed by atoms with Crippen LogP contribution >= 0.6 is 11.3 Å². The minimum absolute atomic E-state index is 0.236. The van der Waals surface area contributed by atoms with Crippen LogP contribution in [-0.2, 0) is 10.0 Å². The van der Waals surface area contributed by atoms with Crippen LogP contribution in [0, 0.1) is 0 Å². The molecule has 1 aromatic carbocycles. The molecule has 1 saturated carbocycles. The largest absolute Gasteiger partial charge is 0.339 e. The molecule has 33 heavy (non-hydrogen) atoms. The number of thiazole rings is 1. The van der Waals surface area contributed by atoms with Gasteiger partial charge in [0.1, 0.15) is 0 Å². The van der Waals surface area contributed by atoms with Crippen molar-refractivity contribution in [1.29, 1.82) is 0 Å². The van der Waals surface area contributed by atoms with Crippen molar-refractivity contribution in [1.82, 2.24) is 19.9 Å². The van der Waals surface area contributed by atoms with Crippen molar-refractivity contribution in [2.75, 3.05) is 11.9 Å². The van der Waals surface area contributed by atoms with Crippen LogP contribution in [-0.4, -0.2) is 30.1 Å². The molecule has 2 heterocycles. The van der Waals surface area contributed by atoms with Crippen molar-refractivity contribution in [3.05, 3.63) is 47.2 Å². The lowest BCUT2D eigenvalue weighted by atomic mass is 9.90. The van der Waals surface area contributed by atoms with Crippen molar-refractivity contribution in [3.8, 4) is 10.4 Å². The molecule has 0 bridgehead atoms. The highest BCUT2D eigenvalue weighted by atomic mass is 32.2. The molecule has 0 aliphatic heterocycles. The zero-order valence-electron chi connectivity index (χ0n) is 19.3. The van der Waals surface area contributed by atoms with E-state index < -0.39 is 10.0 Å². The van der Waals surface area contributed by atoms with Crippen molar-refractivity contribution >= 4 is 32.9 Å². The predicted molar refractivity (Wildman–Crippen MR) is 134 cm³/mol. The Morgan fingerprint density at radius 2 is 1.88 bits per heavy atom. The summed E-state index contributed by atoms with van der Waals surface area (Å²) in [5, 5.41) is 12.8. The Hall–Kier alpha value is -2.36. The predicted octanol–water partition coefficient (Wildman–Crippen LogP) is 5.81. The van der Waals surface area contributed by atoms with Crippen molar-refractivity contribution in [2.45, 2.75) is 69.6 Å². The Balaban J connectivity index is 1.66. The number of benzene rings is 1. The first-order chi connectivity index (χ1) is 15.9. The Morgan fingerprint density at radius 3 is 2.55 bits per heavy atom. The van der Waals surface area contributed by atoms with Gasteiger partial charge >= 0.3 is 0 Å². The Bertz CT molecular complexity index is 1180. The Labute approximate surface area is 200 Å². The average molecular weight is 486 g/mol. The lowest BCUT2D eigenvalue weighted by Crippen LogP contribution is -2.23. The van der Waals surface area contributed by atoms with Gasteiger partial charge in [0.2, 0.25) is 10.0 Å². The van der Waals surface area contributed by atoms with Gasteiger partial charge in [-0.1, -0.05) is 46.1 Å². The number of nitrogens with one attached hydrogen (secondary N) is 2. The second-order valence-electron chi connectivity index (χ2n) is 8.73. The average Bonchev–Trinajstić information content (AvgIpc) is 3.30. The molecule has 4 rings (SSSR count). The van der Waals surface area contributed by atoms with Gasteiger partial charge in [-0.15, -0.1) is 16.4 Å². The minimum Gasteiger partial charge on any atom is -0.339 e. The second kappa shape index (κ2) is 10.3. The summed E-state index contributed by atoms with van der Waals surface area (Å²) in [6.07, 6.45) is 7.91. The lowest BCUT2D eigenvalue weighted by Gasteiger charge is -2.18. The fourth-order valence-corrected chi connectivity index (χ4v) is 6.59. The summed E-state index contributed by atoms with van der Waals surface area (Å²) in [5.41, 5.74) is 2.21. The highest BCUT2D eigenvalue weighted by Gasteiger charge is 2.23. The quantitative estimate of drug-likeness (QED) is 0.418. The fraction of sp³-hybridized carbons (Fsp3) is 0.458. The number of aromatic nitrogens is 3. The molecule has 176 valence electrons. The topological polar surface area (TPSA) is 96.9 Å². The summed E-state index contributed by atoms with van der Waals surface area (Å²) in [5.74, 6) is 1.34. The molecule has 1 fully saturated rings. The zero-order chi connectivity index (χ0) is 23.4. The maximum Gasteiger partial charge on any atom is 0.241 e. The van der Waals surface area contributed by atoms with E-state index in [1.165, 1.54) is 19.3 Å². The number of hydrogen-bond acceptors (Lipinski definition) is 7. The van der Waals surface area contributed by atoms with Crippen LogP contribution in [0.25, 0.3) is 10.4 Å². The number of nitrogens with zero attached hydrogens (tertiary/aromatic N) is 3. The number of anilines is 2. The van der Waals surface area contributed by atoms with Gasteiger partial charge in [0.05, 0.1) is 20.5 Å². The van der Waals surface area contributed by atoms with E-state index in [1.54, 1.807) is 24.3 Å². The zero-order valence-corrected chi connectivity index (χ0v) is 21.0. The van der Waals surface area contributed by atoms with Crippen molar-refractivity contribution in [2.24, 2.45) is 0 Å². The SMILES string of the molecule is CCNS(=O)(=O)c1cc(Nc2ccc(C(C)C)nn2)ccc1-c1cnc(C2CCCCC2)s1. The van der Waals surface area contributed by atoms with Gasteiger partial charge in [0.25, 0.3) is 0 Å². The summed E-state index contributed by atoms with van der Waals surface area (Å²) in [6, 6.07) is 9.16. The first-order valence-corrected chi connectivity index (χ1v) is 13.9. The van der Waals surface area contributed by atoms with Gasteiger partial charge in [-0.3, -0.25) is 0 Å². The second-order valence-corrected chi connectivity index (χ2v) is 11.5. The van der Waals surface area contributed by atoms with E-state index in [4.69, 9.17) is 0 Å². The molecular formula is C24H31N5O2S2. The third-order valence-corrected chi connectivity index (χ3v) is 8.68. The molecule has 1 aliphatic carbocycles. The highest BCUT2D eigenvalue weighted by Crippen LogP contribution is 2.39. The molecule has 0 radical (unpaired) electrons. The highest BCUT2D eigenvalue weighted by molar-refractivity contribution is 7.89. The van der Waals surface area contributed by atoms with Gasteiger partial charge < -0.3 is 5.32 Å². The van der Waals surface area contributed by atoms with Crippen LogP contribution in [0.15, 0.2) is 41.4 Å². The van der Waals surface area contributed by atoms with Gasteiger partial charge in [-0.25, -0.2) is 18.1 Å². The molecule has 0 atom stereocenters. The number of sulfonamides is 1. The Morgan fingerprint density at radius 1 is 1.09 bits per heavy atom. The lowest BCUT2D eigenvalue weighted by molar-refractivity contribution is 0.442. The van der Waals surface area contributed by atoms with E-state index in [2.05, 4.69) is 39.1 Å². The van der Waals surface area contributed by atoms with Crippen LogP contribution in [0.4, 0.5) is 11.5 Å². The fourth-order valence-electron chi connectivity index (χ4n) is 4.11. The third-order valence-electron chi connectivity index (χ3n) is 5.90. The van der Waals surface area contributed by atoms with E-state index in [1.807, 2.05) is 30.5 Å². The Kier molecular flexibility index (Phi) is 7.41. The molecule has 3 aromatic rings. The summed E-state index contributed by atoms with van der Waals surface area (Å²) >= 11 is 1.61. The number of hydrogen-bond donors (Lipinski definition) is 2. The van der Waals surface area contributed by atoms with E-state index in [9.17, 15) is 8.42 Å². The molecule has 0 spiro atoms. The summed E-state index contributed by atoms with van der Waals surface area (Å²) < 4.78 is 28.8. The van der Waals surface area contributed by atoms with E-state index in [0.717, 1.165) is 28.4 Å². The molecule has 7 nitrogen and oxygen atoms in total. The molecule has 9 heteroatoms. The maximum absolute atomic E-state index is 13.1. The molecule has 2 N–H and O–H groups in total. The van der Waals surface area contributed by atoms with Crippen LogP contribution in [0.1, 0.15) is 75.4 Å². The molecule has 2 aromatic heterocycles. The summed E-state index contributed by atoms with van der Waals surface area (Å²) in [4.78, 5) is 5.78. The normalized spacial score (nSPS) is 15.2. The van der Waals surface area contributed by atoms with Crippen LogP contribution < -0.4 is 10.0 Å². The minimum atomic E-state index is -3.68. The molecule has 0 saturated heterocycles. The van der Waals surface area contributed by atoms with E-state index in [0.29, 0.717) is 35.4 Å². The first kappa shape index (κ1) is 23.8.